The number of piperazine rings is 1. The fourth-order valence-corrected chi connectivity index (χ4v) is 9.80. The molecule has 0 radical (unpaired) electrons. The molecule has 7 rings (SSSR count). The molecule has 5 aliphatic rings. The van der Waals surface area contributed by atoms with Gasteiger partial charge in [0.15, 0.2) is 18.4 Å². The molecule has 15 heteroatoms. The van der Waals surface area contributed by atoms with Crippen LogP contribution >= 0.6 is 23.2 Å². The number of aliphatic hydroxyl groups is 2. The van der Waals surface area contributed by atoms with Gasteiger partial charge >= 0.3 is 11.9 Å². The van der Waals surface area contributed by atoms with Crippen molar-refractivity contribution in [2.45, 2.75) is 82.6 Å². The van der Waals surface area contributed by atoms with E-state index in [2.05, 4.69) is 32.0 Å². The fraction of sp³-hybridized carbons (Fsp3) is 0.622. The van der Waals surface area contributed by atoms with Crippen molar-refractivity contribution in [1.29, 1.82) is 0 Å². The predicted octanol–water partition coefficient (Wildman–Crippen LogP) is 3.70. The summed E-state index contributed by atoms with van der Waals surface area (Å²) in [6.07, 6.45) is 2.17. The zero-order valence-electron chi connectivity index (χ0n) is 30.2. The number of carbonyl (C=O) groups is 2. The van der Waals surface area contributed by atoms with Gasteiger partial charge in [-0.2, -0.15) is 0 Å². The first-order valence-corrected chi connectivity index (χ1v) is 18.9. The Bertz CT molecular complexity index is 1730. The highest BCUT2D eigenvalue weighted by Gasteiger charge is 2.62. The van der Waals surface area contributed by atoms with Crippen LogP contribution in [0, 0.1) is 23.7 Å². The number of esters is 2. The van der Waals surface area contributed by atoms with Gasteiger partial charge in [0, 0.05) is 70.8 Å². The highest BCUT2D eigenvalue weighted by molar-refractivity contribution is 6.33. The number of hydroxylamine groups is 1. The maximum absolute atomic E-state index is 14.2. The summed E-state index contributed by atoms with van der Waals surface area (Å²) < 4.78 is 12.1. The molecule has 0 bridgehead atoms. The van der Waals surface area contributed by atoms with Crippen molar-refractivity contribution >= 4 is 46.6 Å². The summed E-state index contributed by atoms with van der Waals surface area (Å²) in [5.41, 5.74) is -1.30. The Hall–Kier alpha value is -3.04. The van der Waals surface area contributed by atoms with Crippen LogP contribution in [0.4, 0.5) is 11.5 Å². The van der Waals surface area contributed by atoms with Crippen molar-refractivity contribution in [1.82, 2.24) is 20.2 Å². The Kier molecular flexibility index (Phi) is 10.3. The summed E-state index contributed by atoms with van der Waals surface area (Å²) in [5.74, 6) is -0.737. The molecule has 2 saturated heterocycles. The number of benzene rings is 1. The first-order chi connectivity index (χ1) is 24.7. The molecule has 2 aliphatic carbocycles. The highest BCUT2D eigenvalue weighted by Crippen LogP contribution is 2.53. The zero-order chi connectivity index (χ0) is 37.1. The van der Waals surface area contributed by atoms with Crippen LogP contribution in [-0.4, -0.2) is 107 Å². The SMILES string of the molecule is CC(=O)O[C@@H]1C(C)=C[C@@H]2[C@H](C(C)CN3CCN(c4ccnc(Cl)n4)CC3)CC[C@@H](C)[C@]2(O)[C@H]1OC(=O)[C@@H]1C[C@@]2(O)c3cccc(Cl)c3N(C)O[C@H]2N1. The van der Waals surface area contributed by atoms with Crippen LogP contribution in [0.25, 0.3) is 0 Å². The third-order valence-corrected chi connectivity index (χ3v) is 12.6. The molecule has 1 unspecified atom stereocenters. The number of hydrogen-bond donors (Lipinski definition) is 3. The number of anilines is 2. The number of nitrogens with one attached hydrogen (secondary N) is 1. The normalized spacial score (nSPS) is 35.2. The molecule has 0 amide bonds. The molecule has 3 aliphatic heterocycles. The monoisotopic (exact) mass is 758 g/mol. The van der Waals surface area contributed by atoms with E-state index in [1.54, 1.807) is 31.4 Å². The largest absolute Gasteiger partial charge is 0.454 e. The van der Waals surface area contributed by atoms with Crippen molar-refractivity contribution in [2.24, 2.45) is 23.7 Å². The number of halogens is 2. The van der Waals surface area contributed by atoms with Crippen molar-refractivity contribution in [3.8, 4) is 0 Å². The lowest BCUT2D eigenvalue weighted by molar-refractivity contribution is -0.225. The quantitative estimate of drug-likeness (QED) is 0.214. The molecular formula is C37H48Cl2N6O7. The van der Waals surface area contributed by atoms with Crippen LogP contribution in [0.2, 0.25) is 10.3 Å². The van der Waals surface area contributed by atoms with Crippen LogP contribution < -0.4 is 15.3 Å². The van der Waals surface area contributed by atoms with Crippen LogP contribution in [0.15, 0.2) is 42.1 Å². The first kappa shape index (κ1) is 37.3. The molecule has 1 aromatic carbocycles. The Morgan fingerprint density at radius 2 is 1.88 bits per heavy atom. The lowest BCUT2D eigenvalue weighted by Crippen LogP contribution is -2.66. The summed E-state index contributed by atoms with van der Waals surface area (Å²) in [6.45, 7) is 11.5. The maximum atomic E-state index is 14.2. The van der Waals surface area contributed by atoms with E-state index in [1.165, 1.54) is 12.0 Å². The van der Waals surface area contributed by atoms with E-state index in [9.17, 15) is 19.8 Å². The number of carbonyl (C=O) groups excluding carboxylic acids is 2. The highest BCUT2D eigenvalue weighted by atomic mass is 35.5. The van der Waals surface area contributed by atoms with Gasteiger partial charge in [0.05, 0.1) is 10.7 Å². The minimum Gasteiger partial charge on any atom is -0.454 e. The molecular weight excluding hydrogens is 711 g/mol. The lowest BCUT2D eigenvalue weighted by atomic mass is 9.55. The Morgan fingerprint density at radius 1 is 1.13 bits per heavy atom. The van der Waals surface area contributed by atoms with Crippen molar-refractivity contribution in [3.05, 3.63) is 58.0 Å². The Morgan fingerprint density at radius 3 is 2.60 bits per heavy atom. The van der Waals surface area contributed by atoms with Crippen LogP contribution in [0.3, 0.4) is 0 Å². The number of nitrogens with zero attached hydrogens (tertiary/aromatic N) is 5. The van der Waals surface area contributed by atoms with Gasteiger partial charge < -0.3 is 24.6 Å². The van der Waals surface area contributed by atoms with Gasteiger partial charge in [0.25, 0.3) is 0 Å². The number of rotatable bonds is 7. The minimum atomic E-state index is -1.57. The summed E-state index contributed by atoms with van der Waals surface area (Å²) in [5, 5.41) is 30.0. The smallest absolute Gasteiger partial charge is 0.323 e. The van der Waals surface area contributed by atoms with Crippen LogP contribution in [-0.2, 0) is 29.5 Å². The average molecular weight is 760 g/mol. The van der Waals surface area contributed by atoms with Gasteiger partial charge in [-0.3, -0.25) is 29.7 Å². The van der Waals surface area contributed by atoms with E-state index in [0.717, 1.165) is 50.5 Å². The molecule has 2 aromatic rings. The molecule has 3 fully saturated rings. The topological polar surface area (TPSA) is 150 Å². The molecule has 1 saturated carbocycles. The number of aromatic nitrogens is 2. The van der Waals surface area contributed by atoms with Crippen molar-refractivity contribution < 1.29 is 34.1 Å². The van der Waals surface area contributed by atoms with E-state index in [1.807, 2.05) is 26.0 Å². The molecule has 52 heavy (non-hydrogen) atoms. The second kappa shape index (κ2) is 14.3. The van der Waals surface area contributed by atoms with E-state index >= 15 is 0 Å². The summed E-state index contributed by atoms with van der Waals surface area (Å²) in [7, 11) is 1.69. The third kappa shape index (κ3) is 6.56. The summed E-state index contributed by atoms with van der Waals surface area (Å²) in [6, 6.07) is 6.11. The van der Waals surface area contributed by atoms with Crippen LogP contribution in [0.1, 0.15) is 52.5 Å². The van der Waals surface area contributed by atoms with Gasteiger partial charge in [0.2, 0.25) is 5.28 Å². The first-order valence-electron chi connectivity index (χ1n) is 18.1. The lowest BCUT2D eigenvalue weighted by Gasteiger charge is -2.56. The van der Waals surface area contributed by atoms with E-state index < -0.39 is 47.6 Å². The Labute approximate surface area is 314 Å². The van der Waals surface area contributed by atoms with Gasteiger partial charge in [0.1, 0.15) is 23.1 Å². The number of fused-ring (bicyclic) bond motifs is 4. The Balaban J connectivity index is 1.10. The van der Waals surface area contributed by atoms with Crippen molar-refractivity contribution in [2.75, 3.05) is 49.7 Å². The maximum Gasteiger partial charge on any atom is 0.323 e. The predicted molar refractivity (Wildman–Crippen MR) is 195 cm³/mol. The average Bonchev–Trinajstić information content (AvgIpc) is 3.45. The molecule has 10 atom stereocenters. The van der Waals surface area contributed by atoms with Gasteiger partial charge in [-0.15, -0.1) is 0 Å². The van der Waals surface area contributed by atoms with Crippen molar-refractivity contribution in [3.63, 3.8) is 0 Å². The van der Waals surface area contributed by atoms with E-state index in [-0.39, 0.29) is 35.4 Å². The van der Waals surface area contributed by atoms with Crippen LogP contribution in [0.5, 0.6) is 0 Å². The molecule has 282 valence electrons. The molecule has 0 spiro atoms. The van der Waals surface area contributed by atoms with Gasteiger partial charge in [-0.05, 0) is 66.8 Å². The molecule has 1 aromatic heterocycles. The van der Waals surface area contributed by atoms with E-state index in [4.69, 9.17) is 37.5 Å². The van der Waals surface area contributed by atoms with Gasteiger partial charge in [-0.1, -0.05) is 43.7 Å². The summed E-state index contributed by atoms with van der Waals surface area (Å²) >= 11 is 12.5. The third-order valence-electron chi connectivity index (χ3n) is 12.1. The zero-order valence-corrected chi connectivity index (χ0v) is 31.7. The molecule has 13 nitrogen and oxygen atoms in total. The fourth-order valence-electron chi connectivity index (χ4n) is 9.36. The summed E-state index contributed by atoms with van der Waals surface area (Å²) in [4.78, 5) is 45.6. The molecule has 3 N–H and O–H groups in total. The second-order valence-corrected chi connectivity index (χ2v) is 16.0. The standard InChI is InChI=1S/C37H48Cl2N6O7/c1-20-17-26-24(21(2)19-44-13-15-45(16-14-44)29-11-12-40-35(39)42-29)10-9-22(3)37(26,49)32(31(20)50-23(4)46)51-33(47)28-18-36(48)25-7-6-8-27(38)30(25)43(5)52-34(36)41-28/h6-8,11-12,17,21-22,24,26,28,31-32,34,41,48-49H,9-10,13-16,18-19H2,1-5H3/t21?,22-,24+,26-,28+,31-,32+,34-,36-,37-/m1/s1. The molecule has 4 heterocycles. The van der Waals surface area contributed by atoms with Gasteiger partial charge in [-0.25, -0.2) is 9.97 Å². The number of para-hydroxylation sites is 1. The van der Waals surface area contributed by atoms with E-state index in [0.29, 0.717) is 22.7 Å². The second-order valence-electron chi connectivity index (χ2n) is 15.3. The minimum absolute atomic E-state index is 0.0496. The number of ether oxygens (including phenoxy) is 2. The number of hydrogen-bond acceptors (Lipinski definition) is 13.